The lowest BCUT2D eigenvalue weighted by Crippen LogP contribution is -2.28. The van der Waals surface area contributed by atoms with Crippen molar-refractivity contribution in [2.75, 3.05) is 19.6 Å². The summed E-state index contributed by atoms with van der Waals surface area (Å²) in [4.78, 5) is 12.4. The van der Waals surface area contributed by atoms with E-state index in [9.17, 15) is 4.39 Å². The average molecular weight is 514 g/mol. The van der Waals surface area contributed by atoms with Crippen LogP contribution in [0.4, 0.5) is 4.39 Å². The second-order valence-electron chi connectivity index (χ2n) is 9.00. The van der Waals surface area contributed by atoms with Crippen molar-refractivity contribution in [3.8, 4) is 0 Å². The molecule has 0 aromatic carbocycles. The van der Waals surface area contributed by atoms with E-state index in [-0.39, 0.29) is 11.0 Å². The van der Waals surface area contributed by atoms with Crippen molar-refractivity contribution < 1.29 is 4.39 Å². The summed E-state index contributed by atoms with van der Waals surface area (Å²) < 4.78 is 14.5. The first-order valence-corrected chi connectivity index (χ1v) is 12.6. The SMILES string of the molecule is C/C=C(\C(=N)CN=C1CCNCC1)c1cnc2[nH]cc(/C=C(\C)C3=C(Cl)C(F)C(C)C=C3Cl)c2c1. The molecule has 4 rings (SSSR count). The molecule has 1 fully saturated rings. The largest absolute Gasteiger partial charge is 0.346 e. The Kier molecular flexibility index (Phi) is 8.05. The van der Waals surface area contributed by atoms with Crippen molar-refractivity contribution in [1.29, 1.82) is 5.41 Å². The van der Waals surface area contributed by atoms with Gasteiger partial charge in [0.15, 0.2) is 0 Å². The van der Waals surface area contributed by atoms with Crippen LogP contribution in [0.3, 0.4) is 0 Å². The van der Waals surface area contributed by atoms with Gasteiger partial charge in [-0.25, -0.2) is 9.37 Å². The highest BCUT2D eigenvalue weighted by molar-refractivity contribution is 6.37. The number of hydrogen-bond acceptors (Lipinski definition) is 4. The van der Waals surface area contributed by atoms with E-state index < -0.39 is 6.17 Å². The van der Waals surface area contributed by atoms with E-state index in [0.29, 0.717) is 22.9 Å². The molecule has 8 heteroatoms. The summed E-state index contributed by atoms with van der Waals surface area (Å²) in [6.07, 6.45) is 9.81. The molecule has 1 aliphatic carbocycles. The fourth-order valence-electron chi connectivity index (χ4n) is 4.52. The van der Waals surface area contributed by atoms with Crippen molar-refractivity contribution in [1.82, 2.24) is 15.3 Å². The topological polar surface area (TPSA) is 76.9 Å². The third-order valence-electron chi connectivity index (χ3n) is 6.49. The van der Waals surface area contributed by atoms with E-state index in [0.717, 1.165) is 59.2 Å². The van der Waals surface area contributed by atoms with Crippen LogP contribution in [0.25, 0.3) is 22.7 Å². The van der Waals surface area contributed by atoms with Gasteiger partial charge in [-0.1, -0.05) is 42.3 Å². The van der Waals surface area contributed by atoms with Crippen LogP contribution in [-0.4, -0.2) is 47.2 Å². The molecule has 1 aliphatic heterocycles. The highest BCUT2D eigenvalue weighted by Gasteiger charge is 2.28. The summed E-state index contributed by atoms with van der Waals surface area (Å²) in [6, 6.07) is 2.02. The Morgan fingerprint density at radius 1 is 1.31 bits per heavy atom. The van der Waals surface area contributed by atoms with Crippen LogP contribution in [0.5, 0.6) is 0 Å². The number of halogens is 3. The van der Waals surface area contributed by atoms with Crippen LogP contribution in [-0.2, 0) is 0 Å². The van der Waals surface area contributed by atoms with Crippen LogP contribution in [0.1, 0.15) is 44.7 Å². The van der Waals surface area contributed by atoms with Gasteiger partial charge in [0, 0.05) is 69.8 Å². The standard InChI is InChI=1S/C27H30Cl2FN5/c1-4-20(23(31)14-33-19-5-7-32-8-6-19)18-11-21-17(12-34-27(21)35-13-18)9-15(2)24-22(28)10-16(3)26(30)25(24)29/h4,9-13,16,26,31-32H,5-8,14H2,1-3H3,(H,34,35)/b15-9+,20-4-,31-23?. The summed E-state index contributed by atoms with van der Waals surface area (Å²) in [7, 11) is 0. The number of pyridine rings is 1. The van der Waals surface area contributed by atoms with Crippen LogP contribution in [0.15, 0.2) is 56.8 Å². The Morgan fingerprint density at radius 3 is 2.77 bits per heavy atom. The third-order valence-corrected chi connectivity index (χ3v) is 7.20. The van der Waals surface area contributed by atoms with Crippen molar-refractivity contribution in [3.63, 3.8) is 0 Å². The Labute approximate surface area is 215 Å². The molecular formula is C27H30Cl2FN5. The molecule has 5 nitrogen and oxygen atoms in total. The van der Waals surface area contributed by atoms with Crippen molar-refractivity contribution >= 4 is 57.3 Å². The van der Waals surface area contributed by atoms with E-state index in [4.69, 9.17) is 28.6 Å². The molecule has 0 bridgehead atoms. The van der Waals surface area contributed by atoms with Gasteiger partial charge in [0.2, 0.25) is 0 Å². The first-order chi connectivity index (χ1) is 16.8. The normalized spacial score (nSPS) is 22.0. The maximum atomic E-state index is 14.5. The lowest BCUT2D eigenvalue weighted by atomic mass is 9.91. The minimum absolute atomic E-state index is 0.137. The van der Waals surface area contributed by atoms with Crippen molar-refractivity contribution in [3.05, 3.63) is 62.9 Å². The number of aromatic amines is 1. The van der Waals surface area contributed by atoms with Crippen molar-refractivity contribution in [2.45, 2.75) is 39.8 Å². The fraction of sp³-hybridized carbons (Fsp3) is 0.370. The predicted molar refractivity (Wildman–Crippen MR) is 146 cm³/mol. The number of H-pyrrole nitrogens is 1. The molecule has 2 unspecified atom stereocenters. The second kappa shape index (κ2) is 11.0. The molecule has 2 aliphatic rings. The van der Waals surface area contributed by atoms with Gasteiger partial charge in [0.1, 0.15) is 11.8 Å². The lowest BCUT2D eigenvalue weighted by molar-refractivity contribution is 0.326. The quantitative estimate of drug-likeness (QED) is 0.370. The minimum atomic E-state index is -1.27. The zero-order chi connectivity index (χ0) is 25.1. The molecule has 2 aromatic heterocycles. The average Bonchev–Trinajstić information content (AvgIpc) is 3.24. The number of aromatic nitrogens is 2. The number of alkyl halides is 1. The van der Waals surface area contributed by atoms with Crippen LogP contribution < -0.4 is 5.32 Å². The Hall–Kier alpha value is -2.54. The third kappa shape index (κ3) is 5.50. The molecule has 35 heavy (non-hydrogen) atoms. The number of aliphatic imine (C=N–C) groups is 1. The number of rotatable bonds is 6. The monoisotopic (exact) mass is 513 g/mol. The highest BCUT2D eigenvalue weighted by atomic mass is 35.5. The first-order valence-electron chi connectivity index (χ1n) is 11.8. The van der Waals surface area contributed by atoms with Gasteiger partial charge < -0.3 is 15.7 Å². The van der Waals surface area contributed by atoms with E-state index in [1.54, 1.807) is 19.2 Å². The van der Waals surface area contributed by atoms with E-state index >= 15 is 0 Å². The molecule has 0 radical (unpaired) electrons. The first kappa shape index (κ1) is 25.5. The Bertz CT molecular complexity index is 1290. The van der Waals surface area contributed by atoms with Crippen LogP contribution >= 0.6 is 23.2 Å². The van der Waals surface area contributed by atoms with E-state index in [1.807, 2.05) is 38.3 Å². The maximum Gasteiger partial charge on any atom is 0.142 e. The maximum absolute atomic E-state index is 14.5. The number of allylic oxidation sites excluding steroid dienone is 6. The van der Waals surface area contributed by atoms with Gasteiger partial charge >= 0.3 is 0 Å². The summed E-state index contributed by atoms with van der Waals surface area (Å²) in [5, 5.41) is 13.5. The van der Waals surface area contributed by atoms with Gasteiger partial charge in [-0.3, -0.25) is 4.99 Å². The van der Waals surface area contributed by atoms with Crippen LogP contribution in [0.2, 0.25) is 0 Å². The second-order valence-corrected chi connectivity index (χ2v) is 9.82. The summed E-state index contributed by atoms with van der Waals surface area (Å²) in [5.74, 6) is -0.360. The predicted octanol–water partition coefficient (Wildman–Crippen LogP) is 6.82. The zero-order valence-electron chi connectivity index (χ0n) is 20.2. The molecule has 3 N–H and O–H groups in total. The summed E-state index contributed by atoms with van der Waals surface area (Å²) in [5.41, 5.74) is 6.21. The van der Waals surface area contributed by atoms with E-state index in [2.05, 4.69) is 20.3 Å². The summed E-state index contributed by atoms with van der Waals surface area (Å²) >= 11 is 12.8. The van der Waals surface area contributed by atoms with Gasteiger partial charge in [0.05, 0.1) is 17.3 Å². The number of nitrogens with zero attached hydrogens (tertiary/aromatic N) is 2. The zero-order valence-corrected chi connectivity index (χ0v) is 21.7. The molecule has 2 atom stereocenters. The van der Waals surface area contributed by atoms with Gasteiger partial charge in [-0.05, 0) is 44.4 Å². The summed E-state index contributed by atoms with van der Waals surface area (Å²) in [6.45, 7) is 7.80. The van der Waals surface area contributed by atoms with Gasteiger partial charge in [-0.2, -0.15) is 0 Å². The molecular weight excluding hydrogens is 484 g/mol. The Morgan fingerprint density at radius 2 is 2.06 bits per heavy atom. The smallest absolute Gasteiger partial charge is 0.142 e. The molecule has 3 heterocycles. The number of hydrogen-bond donors (Lipinski definition) is 3. The molecule has 2 aromatic rings. The lowest BCUT2D eigenvalue weighted by Gasteiger charge is -2.23. The van der Waals surface area contributed by atoms with Gasteiger partial charge in [0.25, 0.3) is 0 Å². The minimum Gasteiger partial charge on any atom is -0.346 e. The molecule has 1 saturated heterocycles. The number of fused-ring (bicyclic) bond motifs is 1. The van der Waals surface area contributed by atoms with Crippen molar-refractivity contribution in [2.24, 2.45) is 10.9 Å². The van der Waals surface area contributed by atoms with E-state index in [1.165, 1.54) is 5.71 Å². The molecule has 0 saturated carbocycles. The fourth-order valence-corrected chi connectivity index (χ4v) is 5.47. The molecule has 0 amide bonds. The number of nitrogens with one attached hydrogen (secondary N) is 3. The molecule has 0 spiro atoms. The molecule has 184 valence electrons. The number of piperidine rings is 1. The van der Waals surface area contributed by atoms with Gasteiger partial charge in [-0.15, -0.1) is 0 Å². The van der Waals surface area contributed by atoms with Crippen LogP contribution in [0, 0.1) is 11.3 Å². The highest BCUT2D eigenvalue weighted by Crippen LogP contribution is 2.39. The Balaban J connectivity index is 1.63.